The molecule has 2 aliphatic rings. The fourth-order valence-corrected chi connectivity index (χ4v) is 5.49. The predicted molar refractivity (Wildman–Crippen MR) is 102 cm³/mol. The minimum absolute atomic E-state index is 0.0717. The summed E-state index contributed by atoms with van der Waals surface area (Å²) in [5, 5.41) is 12.7. The average Bonchev–Trinajstić information content (AvgIpc) is 3.02. The summed E-state index contributed by atoms with van der Waals surface area (Å²) in [6, 6.07) is 9.34. The van der Waals surface area contributed by atoms with Crippen LogP contribution in [0, 0.1) is 5.92 Å². The van der Waals surface area contributed by atoms with Crippen LogP contribution >= 0.6 is 0 Å². The average molecular weight is 380 g/mol. The molecule has 1 aliphatic heterocycles. The van der Waals surface area contributed by atoms with Gasteiger partial charge >= 0.3 is 0 Å². The molecule has 0 radical (unpaired) electrons. The Morgan fingerprint density at radius 2 is 2.04 bits per heavy atom. The zero-order valence-corrected chi connectivity index (χ0v) is 16.6. The lowest BCUT2D eigenvalue weighted by Gasteiger charge is -2.32. The summed E-state index contributed by atoms with van der Waals surface area (Å²) < 4.78 is 29.1. The summed E-state index contributed by atoms with van der Waals surface area (Å²) in [4.78, 5) is 0.704. The maximum Gasteiger partial charge on any atom is 0.163 e. The number of hydrogen-bond donors (Lipinski definition) is 1. The molecule has 1 aromatic carbocycles. The number of benzene rings is 1. The fourth-order valence-electron chi connectivity index (χ4n) is 3.79. The van der Waals surface area contributed by atoms with E-state index in [0.717, 1.165) is 31.3 Å². The third-order valence-electron chi connectivity index (χ3n) is 5.19. The van der Waals surface area contributed by atoms with Gasteiger partial charge in [0.2, 0.25) is 0 Å². The van der Waals surface area contributed by atoms with Gasteiger partial charge in [0, 0.05) is 18.4 Å². The van der Waals surface area contributed by atoms with Crippen molar-refractivity contribution in [3.8, 4) is 0 Å². The van der Waals surface area contributed by atoms with Gasteiger partial charge in [0.05, 0.1) is 27.3 Å². The summed E-state index contributed by atoms with van der Waals surface area (Å²) in [6.45, 7) is 4.09. The number of aliphatic hydroxyl groups excluding tert-OH is 1. The molecule has 5 nitrogen and oxygen atoms in total. The Labute approximate surface area is 156 Å². The van der Waals surface area contributed by atoms with E-state index in [-0.39, 0.29) is 12.0 Å². The van der Waals surface area contributed by atoms with E-state index < -0.39 is 21.6 Å². The Bertz CT molecular complexity index is 765. The topological polar surface area (TPSA) is 68.1 Å². The van der Waals surface area contributed by atoms with Crippen LogP contribution in [0.2, 0.25) is 0 Å². The Morgan fingerprint density at radius 1 is 1.31 bits per heavy atom. The summed E-state index contributed by atoms with van der Waals surface area (Å²) >= 11 is 0. The van der Waals surface area contributed by atoms with Gasteiger partial charge in [0.1, 0.15) is 6.10 Å². The number of ether oxygens (including phenoxy) is 2. The molecule has 0 bridgehead atoms. The minimum atomic E-state index is -2.64. The Hall–Kier alpha value is -1.21. The van der Waals surface area contributed by atoms with Crippen LogP contribution in [0.1, 0.15) is 39.5 Å². The molecule has 2 fully saturated rings. The standard InChI is InChI=1S/C20H29NO4S/c1-20(2)24-13-18(25-20)19(22)17-12-8-7-9-15(17)14-26(23,21-3)16-10-5-4-6-11-16/h4-6,10-11,14,17-19,22H,7-9,12-13H2,1-3H3/b15-14+/t17-,18-,19-,26?/m1/s1. The number of rotatable bonds is 4. The van der Waals surface area contributed by atoms with Crippen molar-refractivity contribution in [3.05, 3.63) is 41.3 Å². The highest BCUT2D eigenvalue weighted by molar-refractivity contribution is 7.96. The minimum Gasteiger partial charge on any atom is -0.390 e. The van der Waals surface area contributed by atoms with Gasteiger partial charge in [-0.2, -0.15) is 0 Å². The SMILES string of the molecule is CN=S(=O)(/C=C1\CCCC[C@H]1[C@@H](O)[C@H]1COC(C)(C)O1)c1ccccc1. The van der Waals surface area contributed by atoms with E-state index in [1.807, 2.05) is 44.2 Å². The first kappa shape index (κ1) is 19.5. The lowest BCUT2D eigenvalue weighted by Crippen LogP contribution is -2.38. The highest BCUT2D eigenvalue weighted by Gasteiger charge is 2.41. The third-order valence-corrected chi connectivity index (χ3v) is 7.31. The highest BCUT2D eigenvalue weighted by atomic mass is 32.2. The van der Waals surface area contributed by atoms with Crippen LogP contribution in [-0.4, -0.2) is 41.0 Å². The van der Waals surface area contributed by atoms with Crippen LogP contribution in [0.25, 0.3) is 0 Å². The van der Waals surface area contributed by atoms with E-state index in [1.54, 1.807) is 12.5 Å². The normalized spacial score (nSPS) is 30.7. The highest BCUT2D eigenvalue weighted by Crippen LogP contribution is 2.37. The van der Waals surface area contributed by atoms with Crippen molar-refractivity contribution in [1.29, 1.82) is 0 Å². The number of hydrogen-bond acceptors (Lipinski definition) is 5. The lowest BCUT2D eigenvalue weighted by molar-refractivity contribution is -0.154. The molecule has 26 heavy (non-hydrogen) atoms. The quantitative estimate of drug-likeness (QED) is 0.865. The molecule has 0 amide bonds. The number of nitrogens with zero attached hydrogens (tertiary/aromatic N) is 1. The van der Waals surface area contributed by atoms with E-state index in [1.165, 1.54) is 0 Å². The second kappa shape index (κ2) is 7.80. The second-order valence-electron chi connectivity index (χ2n) is 7.47. The van der Waals surface area contributed by atoms with E-state index >= 15 is 0 Å². The summed E-state index contributed by atoms with van der Waals surface area (Å²) in [5.41, 5.74) is 1.02. The van der Waals surface area contributed by atoms with Crippen LogP contribution in [-0.2, 0) is 19.2 Å². The molecular formula is C20H29NO4S. The molecule has 144 valence electrons. The van der Waals surface area contributed by atoms with Crippen molar-refractivity contribution >= 4 is 9.73 Å². The van der Waals surface area contributed by atoms with Crippen molar-refractivity contribution < 1.29 is 18.8 Å². The Kier molecular flexibility index (Phi) is 5.87. The van der Waals surface area contributed by atoms with Crippen LogP contribution < -0.4 is 0 Å². The lowest BCUT2D eigenvalue weighted by atomic mass is 9.80. The largest absolute Gasteiger partial charge is 0.390 e. The first-order chi connectivity index (χ1) is 12.3. The molecule has 1 unspecified atom stereocenters. The molecule has 1 heterocycles. The van der Waals surface area contributed by atoms with Gasteiger partial charge in [-0.25, -0.2) is 8.57 Å². The first-order valence-electron chi connectivity index (χ1n) is 9.25. The van der Waals surface area contributed by atoms with Crippen LogP contribution in [0.4, 0.5) is 0 Å². The molecule has 4 atom stereocenters. The van der Waals surface area contributed by atoms with E-state index in [4.69, 9.17) is 9.47 Å². The van der Waals surface area contributed by atoms with Crippen molar-refractivity contribution in [2.24, 2.45) is 10.3 Å². The molecule has 1 saturated heterocycles. The molecule has 1 N–H and O–H groups in total. The van der Waals surface area contributed by atoms with Crippen LogP contribution in [0.5, 0.6) is 0 Å². The molecule has 6 heteroatoms. The zero-order chi connectivity index (χ0) is 18.8. The second-order valence-corrected chi connectivity index (χ2v) is 9.68. The van der Waals surface area contributed by atoms with Gasteiger partial charge < -0.3 is 14.6 Å². The van der Waals surface area contributed by atoms with Gasteiger partial charge in [0.15, 0.2) is 5.79 Å². The summed E-state index contributed by atoms with van der Waals surface area (Å²) in [7, 11) is -1.04. The molecule has 1 aromatic rings. The molecule has 1 aliphatic carbocycles. The molecule has 3 rings (SSSR count). The maximum absolute atomic E-state index is 13.4. The van der Waals surface area contributed by atoms with Crippen molar-refractivity contribution in [1.82, 2.24) is 0 Å². The van der Waals surface area contributed by atoms with E-state index in [0.29, 0.717) is 11.5 Å². The maximum atomic E-state index is 13.4. The fraction of sp³-hybridized carbons (Fsp3) is 0.600. The molecule has 0 aromatic heterocycles. The van der Waals surface area contributed by atoms with Crippen LogP contribution in [0.3, 0.4) is 0 Å². The monoisotopic (exact) mass is 379 g/mol. The smallest absolute Gasteiger partial charge is 0.163 e. The van der Waals surface area contributed by atoms with Gasteiger partial charge in [-0.05, 0) is 45.2 Å². The zero-order valence-electron chi connectivity index (χ0n) is 15.8. The Balaban J connectivity index is 1.89. The summed E-state index contributed by atoms with van der Waals surface area (Å²) in [6.07, 6.45) is 2.75. The predicted octanol–water partition coefficient (Wildman–Crippen LogP) is 3.73. The molecule has 1 saturated carbocycles. The van der Waals surface area contributed by atoms with E-state index in [2.05, 4.69) is 4.36 Å². The van der Waals surface area contributed by atoms with Gasteiger partial charge in [-0.15, -0.1) is 0 Å². The molecule has 0 spiro atoms. The van der Waals surface area contributed by atoms with Crippen molar-refractivity contribution in [3.63, 3.8) is 0 Å². The van der Waals surface area contributed by atoms with Gasteiger partial charge in [-0.1, -0.05) is 30.2 Å². The summed E-state index contributed by atoms with van der Waals surface area (Å²) in [5.74, 6) is -0.738. The van der Waals surface area contributed by atoms with Crippen molar-refractivity contribution in [2.75, 3.05) is 13.7 Å². The van der Waals surface area contributed by atoms with Crippen LogP contribution in [0.15, 0.2) is 50.6 Å². The Morgan fingerprint density at radius 3 is 2.65 bits per heavy atom. The first-order valence-corrected chi connectivity index (χ1v) is 10.8. The van der Waals surface area contributed by atoms with E-state index in [9.17, 15) is 9.32 Å². The molecular weight excluding hydrogens is 350 g/mol. The van der Waals surface area contributed by atoms with Gasteiger partial charge in [-0.3, -0.25) is 0 Å². The van der Waals surface area contributed by atoms with Gasteiger partial charge in [0.25, 0.3) is 0 Å². The third kappa shape index (κ3) is 4.19. The van der Waals surface area contributed by atoms with Crippen molar-refractivity contribution in [2.45, 2.75) is 62.4 Å². The number of aliphatic hydroxyl groups is 1.